The van der Waals surface area contributed by atoms with E-state index in [1.807, 2.05) is 6.07 Å². The second kappa shape index (κ2) is 9.40. The molecule has 0 spiro atoms. The number of hydrogen-bond acceptors (Lipinski definition) is 4. The van der Waals surface area contributed by atoms with E-state index in [1.165, 1.54) is 0 Å². The number of hydrogen-bond donors (Lipinski definition) is 4. The molecule has 5 N–H and O–H groups in total. The van der Waals surface area contributed by atoms with Crippen LogP contribution in [0.2, 0.25) is 0 Å². The minimum atomic E-state index is -5.03. The van der Waals surface area contributed by atoms with Crippen molar-refractivity contribution in [3.05, 3.63) is 59.5 Å². The van der Waals surface area contributed by atoms with Crippen molar-refractivity contribution in [1.82, 2.24) is 15.3 Å². The number of aromatic nitrogens is 2. The Morgan fingerprint density at radius 2 is 1.63 bits per heavy atom. The summed E-state index contributed by atoms with van der Waals surface area (Å²) >= 11 is 0. The highest BCUT2D eigenvalue weighted by molar-refractivity contribution is 6.06. The van der Waals surface area contributed by atoms with E-state index in [-0.39, 0.29) is 11.6 Å². The molecule has 12 heteroatoms. The zero-order valence-electron chi connectivity index (χ0n) is 18.3. The van der Waals surface area contributed by atoms with Gasteiger partial charge in [-0.05, 0) is 56.0 Å². The predicted molar refractivity (Wildman–Crippen MR) is 118 cm³/mol. The van der Waals surface area contributed by atoms with E-state index >= 15 is 0 Å². The third-order valence-corrected chi connectivity index (χ3v) is 6.12. The molecule has 0 aliphatic heterocycles. The van der Waals surface area contributed by atoms with Gasteiger partial charge in [0.1, 0.15) is 11.4 Å². The van der Waals surface area contributed by atoms with Crippen molar-refractivity contribution >= 4 is 22.5 Å². The first-order chi connectivity index (χ1) is 16.4. The Morgan fingerprint density at radius 1 is 0.971 bits per heavy atom. The zero-order valence-corrected chi connectivity index (χ0v) is 18.3. The van der Waals surface area contributed by atoms with Crippen LogP contribution in [0.5, 0.6) is 0 Å². The molecule has 4 rings (SSSR count). The summed E-state index contributed by atoms with van der Waals surface area (Å²) in [4.78, 5) is 18.7. The first-order valence-corrected chi connectivity index (χ1v) is 11.0. The fraction of sp³-hybridized carbons (Fsp3) is 0.391. The fourth-order valence-electron chi connectivity index (χ4n) is 4.33. The lowest BCUT2D eigenvalue weighted by atomic mass is 10.0. The van der Waals surface area contributed by atoms with Crippen molar-refractivity contribution in [3.8, 4) is 0 Å². The molecular formula is C23H23F6N5O. The molecule has 35 heavy (non-hydrogen) atoms. The van der Waals surface area contributed by atoms with E-state index in [0.717, 1.165) is 10.9 Å². The smallest absolute Gasteiger partial charge is 0.382 e. The molecule has 0 radical (unpaired) electrons. The maximum absolute atomic E-state index is 13.1. The fourth-order valence-corrected chi connectivity index (χ4v) is 4.33. The minimum Gasteiger partial charge on any atom is -0.382 e. The number of carbonyl (C=O) groups excluding carboxylic acids is 1. The van der Waals surface area contributed by atoms with Crippen LogP contribution in [0.25, 0.3) is 10.9 Å². The van der Waals surface area contributed by atoms with Gasteiger partial charge in [0, 0.05) is 46.5 Å². The molecule has 0 saturated heterocycles. The van der Waals surface area contributed by atoms with Crippen LogP contribution in [0, 0.1) is 0 Å². The van der Waals surface area contributed by atoms with Crippen molar-refractivity contribution in [1.29, 1.82) is 0 Å². The van der Waals surface area contributed by atoms with Crippen LogP contribution in [0.15, 0.2) is 42.6 Å². The number of carbonyl (C=O) groups is 1. The van der Waals surface area contributed by atoms with Gasteiger partial charge in [-0.15, -0.1) is 0 Å². The zero-order chi connectivity index (χ0) is 25.4. The summed E-state index contributed by atoms with van der Waals surface area (Å²) in [5, 5.41) is 6.47. The van der Waals surface area contributed by atoms with Gasteiger partial charge in [0.15, 0.2) is 0 Å². The number of amides is 1. The number of nitrogens with zero attached hydrogens (tertiary/aromatic N) is 1. The van der Waals surface area contributed by atoms with Gasteiger partial charge in [0.2, 0.25) is 0 Å². The van der Waals surface area contributed by atoms with Gasteiger partial charge in [0.05, 0.1) is 0 Å². The average Bonchev–Trinajstić information content (AvgIpc) is 3.20. The van der Waals surface area contributed by atoms with Gasteiger partial charge in [-0.25, -0.2) is 4.98 Å². The van der Waals surface area contributed by atoms with E-state index in [4.69, 9.17) is 5.73 Å². The number of H-pyrrole nitrogens is 1. The molecule has 3 aromatic rings. The standard InChI is InChI=1S/C23H23F6N5O/c24-22(25,26)19-10-13(11-20(34-19)23(27,28)29)32-12-4-6-16(30)18(7-5-12)33-21(35)15-2-1-3-17-14(15)8-9-31-17/h1-3,8-12,16,18,31H,4-7,30H2,(H,32,34)(H,33,35). The van der Waals surface area contributed by atoms with E-state index < -0.39 is 41.9 Å². The van der Waals surface area contributed by atoms with Crippen LogP contribution in [0.1, 0.15) is 47.4 Å². The Labute approximate surface area is 196 Å². The van der Waals surface area contributed by atoms with Crippen molar-refractivity contribution in [2.45, 2.75) is 56.2 Å². The number of halogens is 6. The van der Waals surface area contributed by atoms with E-state index in [0.29, 0.717) is 43.4 Å². The summed E-state index contributed by atoms with van der Waals surface area (Å²) in [6.07, 6.45) is -6.72. The average molecular weight is 499 g/mol. The largest absolute Gasteiger partial charge is 0.433 e. The van der Waals surface area contributed by atoms with Crippen LogP contribution in [0.3, 0.4) is 0 Å². The quantitative estimate of drug-likeness (QED) is 0.297. The second-order valence-corrected chi connectivity index (χ2v) is 8.61. The topological polar surface area (TPSA) is 95.8 Å². The highest BCUT2D eigenvalue weighted by Crippen LogP contribution is 2.35. The molecule has 6 nitrogen and oxygen atoms in total. The van der Waals surface area contributed by atoms with Crippen LogP contribution in [-0.4, -0.2) is 34.0 Å². The summed E-state index contributed by atoms with van der Waals surface area (Å²) in [5.41, 5.74) is 3.98. The number of nitrogens with two attached hydrogens (primary N) is 1. The number of anilines is 1. The molecule has 1 aliphatic rings. The Kier molecular flexibility index (Phi) is 6.67. The summed E-state index contributed by atoms with van der Waals surface area (Å²) in [6.45, 7) is 0. The number of aromatic amines is 1. The molecule has 3 unspecified atom stereocenters. The van der Waals surface area contributed by atoms with Gasteiger partial charge >= 0.3 is 12.4 Å². The molecule has 1 aliphatic carbocycles. The molecule has 3 atom stereocenters. The lowest BCUT2D eigenvalue weighted by Crippen LogP contribution is -2.46. The first-order valence-electron chi connectivity index (χ1n) is 11.0. The first kappa shape index (κ1) is 24.8. The third kappa shape index (κ3) is 5.69. The number of rotatable bonds is 4. The monoisotopic (exact) mass is 499 g/mol. The second-order valence-electron chi connectivity index (χ2n) is 8.61. The number of benzene rings is 1. The summed E-state index contributed by atoms with van der Waals surface area (Å²) < 4.78 is 78.6. The Morgan fingerprint density at radius 3 is 2.29 bits per heavy atom. The van der Waals surface area contributed by atoms with Crippen LogP contribution >= 0.6 is 0 Å². The van der Waals surface area contributed by atoms with Crippen molar-refractivity contribution in [2.24, 2.45) is 5.73 Å². The number of fused-ring (bicyclic) bond motifs is 1. The van der Waals surface area contributed by atoms with Gasteiger partial charge in [-0.2, -0.15) is 26.3 Å². The van der Waals surface area contributed by atoms with Crippen LogP contribution in [-0.2, 0) is 12.4 Å². The SMILES string of the molecule is NC1CCC(Nc2cc(C(F)(F)F)nc(C(F)(F)F)c2)CCC1NC(=O)c1cccc2[nH]ccc12. The summed E-state index contributed by atoms with van der Waals surface area (Å²) in [7, 11) is 0. The van der Waals surface area contributed by atoms with Gasteiger partial charge < -0.3 is 21.4 Å². The lowest BCUT2D eigenvalue weighted by molar-refractivity contribution is -0.150. The predicted octanol–water partition coefficient (Wildman–Crippen LogP) is 5.08. The molecule has 1 aromatic carbocycles. The molecule has 1 fully saturated rings. The highest BCUT2D eigenvalue weighted by Gasteiger charge is 2.39. The van der Waals surface area contributed by atoms with Crippen molar-refractivity contribution < 1.29 is 31.1 Å². The lowest BCUT2D eigenvalue weighted by Gasteiger charge is -2.23. The van der Waals surface area contributed by atoms with Crippen molar-refractivity contribution in [3.63, 3.8) is 0 Å². The number of pyridine rings is 1. The van der Waals surface area contributed by atoms with E-state index in [9.17, 15) is 31.1 Å². The van der Waals surface area contributed by atoms with Crippen LogP contribution in [0.4, 0.5) is 32.0 Å². The minimum absolute atomic E-state index is 0.305. The molecule has 0 bridgehead atoms. The molecule has 1 saturated carbocycles. The van der Waals surface area contributed by atoms with Gasteiger partial charge in [0.25, 0.3) is 5.91 Å². The van der Waals surface area contributed by atoms with Gasteiger partial charge in [-0.1, -0.05) is 6.07 Å². The molecule has 2 heterocycles. The molecule has 1 amide bonds. The Balaban J connectivity index is 1.46. The maximum atomic E-state index is 13.1. The van der Waals surface area contributed by atoms with E-state index in [2.05, 4.69) is 20.6 Å². The number of nitrogens with one attached hydrogen (secondary N) is 3. The third-order valence-electron chi connectivity index (χ3n) is 6.12. The number of alkyl halides is 6. The summed E-state index contributed by atoms with van der Waals surface area (Å²) in [6, 6.07) is 6.94. The highest BCUT2D eigenvalue weighted by atomic mass is 19.4. The van der Waals surface area contributed by atoms with Crippen molar-refractivity contribution in [2.75, 3.05) is 5.32 Å². The molecular weight excluding hydrogens is 476 g/mol. The normalized spacial score (nSPS) is 21.5. The molecule has 2 aromatic heterocycles. The Hall–Kier alpha value is -3.28. The molecule has 188 valence electrons. The van der Waals surface area contributed by atoms with Gasteiger partial charge in [-0.3, -0.25) is 4.79 Å². The van der Waals surface area contributed by atoms with E-state index in [1.54, 1.807) is 24.4 Å². The Bertz CT molecular complexity index is 1170. The van der Waals surface area contributed by atoms with Crippen LogP contribution < -0.4 is 16.4 Å². The maximum Gasteiger partial charge on any atom is 0.433 e. The summed E-state index contributed by atoms with van der Waals surface area (Å²) in [5.74, 6) is -0.305.